The van der Waals surface area contributed by atoms with Crippen LogP contribution < -0.4 is 14.2 Å². The van der Waals surface area contributed by atoms with Crippen LogP contribution in [0.2, 0.25) is 0 Å². The van der Waals surface area contributed by atoms with Gasteiger partial charge in [-0.3, -0.25) is 9.59 Å². The number of para-hydroxylation sites is 2. The van der Waals surface area contributed by atoms with Crippen LogP contribution in [0.1, 0.15) is 47.1 Å². The van der Waals surface area contributed by atoms with Crippen molar-refractivity contribution in [2.45, 2.75) is 32.7 Å². The molecule has 0 radical (unpaired) electrons. The molecule has 2 atom stereocenters. The summed E-state index contributed by atoms with van der Waals surface area (Å²) in [4.78, 5) is 32.2. The first-order valence-corrected chi connectivity index (χ1v) is 13.9. The lowest BCUT2D eigenvalue weighted by Crippen LogP contribution is -2.48. The number of benzene rings is 2. The van der Waals surface area contributed by atoms with Crippen molar-refractivity contribution in [1.29, 1.82) is 0 Å². The molecule has 7 nitrogen and oxygen atoms in total. The largest absolute Gasteiger partial charge is 0.497 e. The van der Waals surface area contributed by atoms with Crippen LogP contribution in [0.25, 0.3) is 0 Å². The number of carbonyl (C=O) groups is 2. The maximum atomic E-state index is 13.8. The van der Waals surface area contributed by atoms with Crippen LogP contribution >= 0.6 is 11.3 Å². The van der Waals surface area contributed by atoms with E-state index in [1.54, 1.807) is 54.7 Å². The summed E-state index contributed by atoms with van der Waals surface area (Å²) in [6.07, 6.45) is 1.71. The van der Waals surface area contributed by atoms with E-state index in [0.29, 0.717) is 42.5 Å². The van der Waals surface area contributed by atoms with E-state index in [1.165, 1.54) is 4.88 Å². The summed E-state index contributed by atoms with van der Waals surface area (Å²) < 4.78 is 16.9. The first-order chi connectivity index (χ1) is 18.4. The number of rotatable bonds is 11. The maximum Gasteiger partial charge on any atom is 0.254 e. The first kappa shape index (κ1) is 27.5. The Morgan fingerprint density at radius 1 is 1.05 bits per heavy atom. The van der Waals surface area contributed by atoms with Gasteiger partial charge in [0, 0.05) is 23.5 Å². The predicted octanol–water partition coefficient (Wildman–Crippen LogP) is 5.46. The molecule has 1 aliphatic heterocycles. The minimum atomic E-state index is -0.246. The number of fused-ring (bicyclic) bond motifs is 1. The average Bonchev–Trinajstić information content (AvgIpc) is 3.44. The van der Waals surface area contributed by atoms with E-state index in [1.807, 2.05) is 29.2 Å². The van der Waals surface area contributed by atoms with Crippen molar-refractivity contribution >= 4 is 23.2 Å². The minimum Gasteiger partial charge on any atom is -0.497 e. The molecule has 38 heavy (non-hydrogen) atoms. The van der Waals surface area contributed by atoms with Crippen LogP contribution in [0.5, 0.6) is 17.2 Å². The van der Waals surface area contributed by atoms with Crippen molar-refractivity contribution < 1.29 is 23.8 Å². The summed E-state index contributed by atoms with van der Waals surface area (Å²) in [5.74, 6) is 2.00. The van der Waals surface area contributed by atoms with Gasteiger partial charge in [0.05, 0.1) is 20.3 Å². The van der Waals surface area contributed by atoms with Crippen molar-refractivity contribution in [3.8, 4) is 17.2 Å². The number of ether oxygens (including phenoxy) is 3. The molecule has 0 saturated heterocycles. The molecule has 1 aromatic heterocycles. The Hall–Kier alpha value is -3.52. The van der Waals surface area contributed by atoms with Gasteiger partial charge in [0.15, 0.2) is 11.5 Å². The Balaban J connectivity index is 1.55. The summed E-state index contributed by atoms with van der Waals surface area (Å²) in [6, 6.07) is 16.4. The van der Waals surface area contributed by atoms with Gasteiger partial charge in [-0.15, -0.1) is 11.3 Å². The number of methoxy groups -OCH3 is 2. The van der Waals surface area contributed by atoms with Gasteiger partial charge < -0.3 is 24.0 Å². The molecule has 4 rings (SSSR count). The Labute approximate surface area is 228 Å². The highest BCUT2D eigenvalue weighted by Gasteiger charge is 2.34. The molecule has 0 spiro atoms. The van der Waals surface area contributed by atoms with Gasteiger partial charge in [-0.2, -0.15) is 0 Å². The van der Waals surface area contributed by atoms with Gasteiger partial charge >= 0.3 is 0 Å². The van der Waals surface area contributed by atoms with Crippen molar-refractivity contribution in [2.75, 3.05) is 40.5 Å². The van der Waals surface area contributed by atoms with E-state index < -0.39 is 0 Å². The number of hydrogen-bond donors (Lipinski definition) is 0. The number of amides is 2. The number of nitrogens with zero attached hydrogens (tertiary/aromatic N) is 2. The lowest BCUT2D eigenvalue weighted by Gasteiger charge is -2.37. The Kier molecular flexibility index (Phi) is 9.29. The van der Waals surface area contributed by atoms with Crippen molar-refractivity contribution in [1.82, 2.24) is 9.80 Å². The fraction of sp³-hybridized carbons (Fsp3) is 0.400. The second-order valence-electron chi connectivity index (χ2n) is 9.54. The first-order valence-electron chi connectivity index (χ1n) is 13.0. The third-order valence-corrected chi connectivity index (χ3v) is 8.06. The molecule has 0 fully saturated rings. The second kappa shape index (κ2) is 12.8. The fourth-order valence-corrected chi connectivity index (χ4v) is 5.60. The van der Waals surface area contributed by atoms with Crippen LogP contribution in [0, 0.1) is 5.92 Å². The van der Waals surface area contributed by atoms with Gasteiger partial charge in [0.25, 0.3) is 5.91 Å². The molecular weight excluding hydrogens is 500 g/mol. The topological polar surface area (TPSA) is 68.3 Å². The molecule has 8 heteroatoms. The zero-order valence-corrected chi connectivity index (χ0v) is 23.3. The highest BCUT2D eigenvalue weighted by molar-refractivity contribution is 7.10. The summed E-state index contributed by atoms with van der Waals surface area (Å²) >= 11 is 1.71. The van der Waals surface area contributed by atoms with Crippen LogP contribution in [0.3, 0.4) is 0 Å². The number of carbonyl (C=O) groups excluding carboxylic acids is 2. The molecule has 3 aromatic rings. The summed E-state index contributed by atoms with van der Waals surface area (Å²) in [5, 5.41) is 2.07. The van der Waals surface area contributed by atoms with Crippen molar-refractivity contribution in [3.05, 3.63) is 76.0 Å². The monoisotopic (exact) mass is 536 g/mol. The van der Waals surface area contributed by atoms with Gasteiger partial charge in [0.2, 0.25) is 5.91 Å². The quantitative estimate of drug-likeness (QED) is 0.326. The van der Waals surface area contributed by atoms with Gasteiger partial charge in [-0.05, 0) is 65.7 Å². The van der Waals surface area contributed by atoms with E-state index >= 15 is 0 Å². The Bertz CT molecular complexity index is 1230. The maximum absolute atomic E-state index is 13.8. The highest BCUT2D eigenvalue weighted by atomic mass is 32.1. The second-order valence-corrected chi connectivity index (χ2v) is 10.5. The van der Waals surface area contributed by atoms with E-state index in [0.717, 1.165) is 18.4 Å². The van der Waals surface area contributed by atoms with E-state index in [-0.39, 0.29) is 30.3 Å². The lowest BCUT2D eigenvalue weighted by atomic mass is 10.00. The highest BCUT2D eigenvalue weighted by Crippen LogP contribution is 2.35. The van der Waals surface area contributed by atoms with Gasteiger partial charge in [0.1, 0.15) is 18.9 Å². The Morgan fingerprint density at radius 2 is 1.79 bits per heavy atom. The van der Waals surface area contributed by atoms with Crippen LogP contribution in [0.4, 0.5) is 0 Å². The van der Waals surface area contributed by atoms with Crippen molar-refractivity contribution in [2.24, 2.45) is 5.92 Å². The standard InChI is InChI=1S/C30H36N2O5S/c1-5-21(2)18-31(30(34)22-10-12-23(35-3)13-11-22)19-29(33)32-16-14-28-24(15-17-38-28)25(32)20-37-27-9-7-6-8-26(27)36-4/h6-13,15,17,21,25H,5,14,16,18-20H2,1-4H3/t21-,25-/m1/s1. The minimum absolute atomic E-state index is 0.0137. The van der Waals surface area contributed by atoms with Crippen LogP contribution in [-0.4, -0.2) is 62.1 Å². The van der Waals surface area contributed by atoms with E-state index in [4.69, 9.17) is 14.2 Å². The van der Waals surface area contributed by atoms with Crippen LogP contribution in [0.15, 0.2) is 60.0 Å². The molecule has 202 valence electrons. The predicted molar refractivity (Wildman–Crippen MR) is 149 cm³/mol. The fourth-order valence-electron chi connectivity index (χ4n) is 4.68. The summed E-state index contributed by atoms with van der Waals surface area (Å²) in [6.45, 7) is 5.60. The molecular formula is C30H36N2O5S. The average molecular weight is 537 g/mol. The molecule has 0 saturated carbocycles. The molecule has 2 aromatic carbocycles. The SMILES string of the molecule is CC[C@@H](C)CN(CC(=O)N1CCc2sccc2[C@H]1COc1ccccc1OC)C(=O)c1ccc(OC)cc1. The molecule has 0 bridgehead atoms. The van der Waals surface area contributed by atoms with E-state index in [9.17, 15) is 9.59 Å². The van der Waals surface area contributed by atoms with Gasteiger partial charge in [-0.25, -0.2) is 0 Å². The summed E-state index contributed by atoms with van der Waals surface area (Å²) in [5.41, 5.74) is 1.65. The smallest absolute Gasteiger partial charge is 0.254 e. The molecule has 0 unspecified atom stereocenters. The van der Waals surface area contributed by atoms with Crippen molar-refractivity contribution in [3.63, 3.8) is 0 Å². The Morgan fingerprint density at radius 3 is 2.47 bits per heavy atom. The molecule has 1 aliphatic rings. The van der Waals surface area contributed by atoms with Gasteiger partial charge in [-0.1, -0.05) is 32.4 Å². The zero-order valence-electron chi connectivity index (χ0n) is 22.5. The summed E-state index contributed by atoms with van der Waals surface area (Å²) in [7, 11) is 3.21. The zero-order chi connectivity index (χ0) is 27.1. The molecule has 2 amide bonds. The molecule has 2 heterocycles. The lowest BCUT2D eigenvalue weighted by molar-refractivity contribution is -0.135. The molecule has 0 N–H and O–H groups in total. The third-order valence-electron chi connectivity index (χ3n) is 7.06. The van der Waals surface area contributed by atoms with E-state index in [2.05, 4.69) is 25.3 Å². The number of hydrogen-bond acceptors (Lipinski definition) is 6. The van der Waals surface area contributed by atoms with Crippen LogP contribution in [-0.2, 0) is 11.2 Å². The third kappa shape index (κ3) is 6.30. The molecule has 0 aliphatic carbocycles. The number of thiophene rings is 1. The normalized spacial score (nSPS) is 15.4.